The van der Waals surface area contributed by atoms with E-state index in [2.05, 4.69) is 24.3 Å². The molecule has 0 atom stereocenters. The second-order valence-corrected chi connectivity index (χ2v) is 16.4. The van der Waals surface area contributed by atoms with Gasteiger partial charge in [0.2, 0.25) is 0 Å². The molecule has 0 aliphatic rings. The first-order valence-corrected chi connectivity index (χ1v) is 21.4. The Labute approximate surface area is 386 Å². The van der Waals surface area contributed by atoms with E-state index in [4.69, 9.17) is 4.98 Å². The van der Waals surface area contributed by atoms with Gasteiger partial charge in [-0.25, -0.2) is 4.98 Å². The van der Waals surface area contributed by atoms with E-state index in [9.17, 15) is 21.0 Å². The number of pyridine rings is 1. The topological polar surface area (TPSA) is 118 Å². The van der Waals surface area contributed by atoms with Crippen LogP contribution in [0.2, 0.25) is 0 Å². The number of nitrogens with zero attached hydrogens (tertiary/aromatic N) is 7. The van der Waals surface area contributed by atoms with Crippen LogP contribution in [0.4, 0.5) is 13.2 Å². The summed E-state index contributed by atoms with van der Waals surface area (Å²) in [5, 5.41) is 42.2. The summed E-state index contributed by atoms with van der Waals surface area (Å²) in [6, 6.07) is 62.5. The lowest BCUT2D eigenvalue weighted by Crippen LogP contribution is -2.11. The zero-order chi connectivity index (χ0) is 46.7. The van der Waals surface area contributed by atoms with Gasteiger partial charge in [0.15, 0.2) is 0 Å². The molecule has 0 aliphatic heterocycles. The molecule has 11 rings (SSSR count). The van der Waals surface area contributed by atoms with Crippen molar-refractivity contribution in [3.8, 4) is 80.4 Å². The molecule has 0 amide bonds. The molecule has 0 spiro atoms. The molecular formula is C58H30F3N7. The van der Waals surface area contributed by atoms with Gasteiger partial charge >= 0.3 is 6.18 Å². The average molecular weight is 882 g/mol. The predicted octanol–water partition coefficient (Wildman–Crippen LogP) is 14.4. The molecule has 0 saturated heterocycles. The molecule has 0 radical (unpaired) electrons. The summed E-state index contributed by atoms with van der Waals surface area (Å²) < 4.78 is 50.9. The standard InChI is InChI=1S/C58H30F3N7/c59-58(60,61)44-29-55(67-51-15-6-4-11-45(51)47-27-40(17-19-53(47)67)42-23-35(31-62)21-36(24-42)32-63)57(50-14-8-13-49(66-50)39-9-2-1-3-10-39)56(30-44)68-52-16-7-5-12-46(52)48-28-41(18-20-54(48)68)43-25-37(33-64)22-38(26-43)34-65/h1-30H. The predicted molar refractivity (Wildman–Crippen MR) is 259 cm³/mol. The van der Waals surface area contributed by atoms with Crippen molar-refractivity contribution in [2.75, 3.05) is 0 Å². The van der Waals surface area contributed by atoms with E-state index in [1.165, 1.54) is 24.3 Å². The van der Waals surface area contributed by atoms with E-state index in [-0.39, 0.29) is 11.4 Å². The van der Waals surface area contributed by atoms with Crippen LogP contribution in [-0.2, 0) is 6.18 Å². The van der Waals surface area contributed by atoms with E-state index < -0.39 is 11.7 Å². The minimum atomic E-state index is -4.78. The minimum Gasteiger partial charge on any atom is -0.308 e. The van der Waals surface area contributed by atoms with Crippen LogP contribution in [0.1, 0.15) is 27.8 Å². The summed E-state index contributed by atoms with van der Waals surface area (Å²) in [6.45, 7) is 0. The summed E-state index contributed by atoms with van der Waals surface area (Å²) in [7, 11) is 0. The van der Waals surface area contributed by atoms with Crippen molar-refractivity contribution in [3.63, 3.8) is 0 Å². The van der Waals surface area contributed by atoms with Crippen molar-refractivity contribution < 1.29 is 13.2 Å². The monoisotopic (exact) mass is 881 g/mol. The number of para-hydroxylation sites is 2. The fourth-order valence-corrected chi connectivity index (χ4v) is 9.40. The lowest BCUT2D eigenvalue weighted by molar-refractivity contribution is -0.137. The number of hydrogen-bond donors (Lipinski definition) is 0. The maximum atomic E-state index is 15.7. The Hall–Kier alpha value is -9.74. The highest BCUT2D eigenvalue weighted by molar-refractivity contribution is 6.13. The number of fused-ring (bicyclic) bond motifs is 6. The first-order chi connectivity index (χ1) is 33.1. The number of alkyl halides is 3. The zero-order valence-corrected chi connectivity index (χ0v) is 35.6. The number of benzene rings is 8. The van der Waals surface area contributed by atoms with Crippen LogP contribution in [0, 0.1) is 45.3 Å². The van der Waals surface area contributed by atoms with Gasteiger partial charge in [0.05, 0.1) is 96.9 Å². The van der Waals surface area contributed by atoms with E-state index >= 15 is 13.2 Å². The average Bonchev–Trinajstić information content (AvgIpc) is 3.90. The second-order valence-electron chi connectivity index (χ2n) is 16.4. The van der Waals surface area contributed by atoms with Gasteiger partial charge in [-0.3, -0.25) is 0 Å². The molecule has 0 bridgehead atoms. The van der Waals surface area contributed by atoms with Crippen LogP contribution >= 0.6 is 0 Å². The van der Waals surface area contributed by atoms with Crippen LogP contribution < -0.4 is 0 Å². The van der Waals surface area contributed by atoms with Crippen LogP contribution in [0.15, 0.2) is 182 Å². The van der Waals surface area contributed by atoms with E-state index in [1.807, 2.05) is 143 Å². The summed E-state index contributed by atoms with van der Waals surface area (Å²) in [4.78, 5) is 5.23. The molecule has 318 valence electrons. The highest BCUT2D eigenvalue weighted by Gasteiger charge is 2.35. The molecular weight excluding hydrogens is 852 g/mol. The van der Waals surface area contributed by atoms with Crippen molar-refractivity contribution in [1.29, 1.82) is 21.0 Å². The number of halogens is 3. The fraction of sp³-hybridized carbons (Fsp3) is 0.0172. The maximum absolute atomic E-state index is 15.7. The Balaban J connectivity index is 1.26. The molecule has 3 heterocycles. The highest BCUT2D eigenvalue weighted by Crippen LogP contribution is 2.46. The molecule has 0 fully saturated rings. The number of hydrogen-bond acceptors (Lipinski definition) is 5. The molecule has 68 heavy (non-hydrogen) atoms. The molecule has 8 aromatic carbocycles. The van der Waals surface area contributed by atoms with Crippen molar-refractivity contribution in [2.45, 2.75) is 6.18 Å². The summed E-state index contributed by atoms with van der Waals surface area (Å²) >= 11 is 0. The molecule has 3 aromatic heterocycles. The Bertz CT molecular complexity index is 3800. The van der Waals surface area contributed by atoms with Crippen LogP contribution in [0.3, 0.4) is 0 Å². The third-order valence-corrected chi connectivity index (χ3v) is 12.4. The summed E-state index contributed by atoms with van der Waals surface area (Å²) in [5.41, 5.74) is 8.58. The Kier molecular flexibility index (Phi) is 9.68. The van der Waals surface area contributed by atoms with Gasteiger partial charge in [-0.1, -0.05) is 84.9 Å². The second kappa shape index (κ2) is 16.1. The zero-order valence-electron chi connectivity index (χ0n) is 35.6. The lowest BCUT2D eigenvalue weighted by atomic mass is 9.98. The smallest absolute Gasteiger partial charge is 0.308 e. The molecule has 10 heteroatoms. The molecule has 7 nitrogen and oxygen atoms in total. The first-order valence-electron chi connectivity index (χ1n) is 21.4. The van der Waals surface area contributed by atoms with Gasteiger partial charge in [-0.15, -0.1) is 0 Å². The third kappa shape index (κ3) is 6.86. The molecule has 11 aromatic rings. The van der Waals surface area contributed by atoms with Gasteiger partial charge in [-0.05, 0) is 119 Å². The van der Waals surface area contributed by atoms with E-state index in [1.54, 1.807) is 24.3 Å². The van der Waals surface area contributed by atoms with E-state index in [0.717, 1.165) is 38.2 Å². The van der Waals surface area contributed by atoms with Gasteiger partial charge in [0.1, 0.15) is 0 Å². The van der Waals surface area contributed by atoms with Crippen LogP contribution in [-0.4, -0.2) is 14.1 Å². The SMILES string of the molecule is N#Cc1cc(C#N)cc(-c2ccc3c(c2)c2ccccc2n3-c2cc(C(F)(F)F)cc(-n3c4ccccc4c4cc(-c5cc(C#N)cc(C#N)c5)ccc43)c2-c2cccc(-c3ccccc3)n2)c1. The van der Waals surface area contributed by atoms with Crippen molar-refractivity contribution in [3.05, 3.63) is 210 Å². The van der Waals surface area contributed by atoms with Gasteiger partial charge in [0, 0.05) is 32.7 Å². The van der Waals surface area contributed by atoms with Crippen molar-refractivity contribution in [1.82, 2.24) is 14.1 Å². The normalized spacial score (nSPS) is 11.4. The molecule has 0 N–H and O–H groups in total. The minimum absolute atomic E-state index is 0.240. The Morgan fingerprint density at radius 1 is 0.368 bits per heavy atom. The summed E-state index contributed by atoms with van der Waals surface area (Å²) in [6.07, 6.45) is -4.78. The number of rotatable bonds is 6. The molecule has 0 aliphatic carbocycles. The third-order valence-electron chi connectivity index (χ3n) is 12.4. The number of nitriles is 4. The first kappa shape index (κ1) is 41.0. The molecule has 0 unspecified atom stereocenters. The number of aromatic nitrogens is 3. The van der Waals surface area contributed by atoms with E-state index in [0.29, 0.717) is 72.4 Å². The van der Waals surface area contributed by atoms with Crippen LogP contribution in [0.25, 0.3) is 99.8 Å². The van der Waals surface area contributed by atoms with Crippen molar-refractivity contribution >= 4 is 43.6 Å². The largest absolute Gasteiger partial charge is 0.416 e. The van der Waals surface area contributed by atoms with Gasteiger partial charge in [-0.2, -0.15) is 34.2 Å². The van der Waals surface area contributed by atoms with Gasteiger partial charge in [0.25, 0.3) is 0 Å². The van der Waals surface area contributed by atoms with Crippen LogP contribution in [0.5, 0.6) is 0 Å². The quantitative estimate of drug-likeness (QED) is 0.165. The Morgan fingerprint density at radius 2 is 0.794 bits per heavy atom. The highest BCUT2D eigenvalue weighted by atomic mass is 19.4. The lowest BCUT2D eigenvalue weighted by Gasteiger charge is -2.22. The van der Waals surface area contributed by atoms with Crippen molar-refractivity contribution in [2.24, 2.45) is 0 Å². The maximum Gasteiger partial charge on any atom is 0.416 e. The summed E-state index contributed by atoms with van der Waals surface area (Å²) in [5.74, 6) is 0. The Morgan fingerprint density at radius 3 is 1.25 bits per heavy atom. The fourth-order valence-electron chi connectivity index (χ4n) is 9.40. The molecule has 0 saturated carbocycles. The van der Waals surface area contributed by atoms with Gasteiger partial charge < -0.3 is 9.13 Å².